The maximum Gasteiger partial charge on any atom is 0.317 e. The minimum atomic E-state index is -0.0511. The number of amides is 3. The van der Waals surface area contributed by atoms with Gasteiger partial charge >= 0.3 is 6.03 Å². The number of nitrogens with one attached hydrogen (secondary N) is 2. The van der Waals surface area contributed by atoms with Crippen molar-refractivity contribution >= 4 is 17.6 Å². The number of carbonyl (C=O) groups is 2. The summed E-state index contributed by atoms with van der Waals surface area (Å²) in [5.41, 5.74) is 1.75. The Labute approximate surface area is 138 Å². The Morgan fingerprint density at radius 2 is 2.09 bits per heavy atom. The van der Waals surface area contributed by atoms with E-state index in [9.17, 15) is 9.59 Å². The van der Waals surface area contributed by atoms with Gasteiger partial charge in [0.05, 0.1) is 0 Å². The summed E-state index contributed by atoms with van der Waals surface area (Å²) in [5, 5.41) is 5.82. The van der Waals surface area contributed by atoms with E-state index in [4.69, 9.17) is 0 Å². The Bertz CT molecular complexity index is 555. The number of benzene rings is 1. The van der Waals surface area contributed by atoms with E-state index in [2.05, 4.69) is 17.6 Å². The molecule has 2 N–H and O–H groups in total. The second kappa shape index (κ2) is 7.99. The van der Waals surface area contributed by atoms with Crippen LogP contribution in [-0.2, 0) is 11.3 Å². The van der Waals surface area contributed by atoms with E-state index in [0.29, 0.717) is 18.9 Å². The molecule has 1 aromatic rings. The van der Waals surface area contributed by atoms with Crippen molar-refractivity contribution in [1.29, 1.82) is 0 Å². The summed E-state index contributed by atoms with van der Waals surface area (Å²) in [4.78, 5) is 25.6. The topological polar surface area (TPSA) is 61.4 Å². The van der Waals surface area contributed by atoms with Crippen LogP contribution < -0.4 is 10.6 Å². The van der Waals surface area contributed by atoms with E-state index in [1.54, 1.807) is 4.90 Å². The van der Waals surface area contributed by atoms with Crippen molar-refractivity contribution in [2.24, 2.45) is 5.92 Å². The van der Waals surface area contributed by atoms with Gasteiger partial charge in [-0.1, -0.05) is 19.1 Å². The van der Waals surface area contributed by atoms with Gasteiger partial charge in [0.2, 0.25) is 5.91 Å². The van der Waals surface area contributed by atoms with E-state index in [-0.39, 0.29) is 18.0 Å². The maximum atomic E-state index is 12.2. The molecule has 126 valence electrons. The van der Waals surface area contributed by atoms with Gasteiger partial charge in [0.25, 0.3) is 0 Å². The normalized spacial score (nSPS) is 14.9. The fourth-order valence-electron chi connectivity index (χ4n) is 2.59. The molecule has 0 bridgehead atoms. The lowest BCUT2D eigenvalue weighted by Crippen LogP contribution is -2.43. The summed E-state index contributed by atoms with van der Waals surface area (Å²) in [5.74, 6) is 0.675. The van der Waals surface area contributed by atoms with Crippen LogP contribution in [0.15, 0.2) is 24.3 Å². The fourth-order valence-corrected chi connectivity index (χ4v) is 2.59. The van der Waals surface area contributed by atoms with E-state index in [1.165, 1.54) is 12.8 Å². The summed E-state index contributed by atoms with van der Waals surface area (Å²) in [6, 6.07) is 7.83. The number of urea groups is 1. The van der Waals surface area contributed by atoms with Crippen molar-refractivity contribution in [2.75, 3.05) is 12.4 Å². The molecule has 0 heterocycles. The van der Waals surface area contributed by atoms with Crippen molar-refractivity contribution in [3.63, 3.8) is 0 Å². The number of hydrogen-bond acceptors (Lipinski definition) is 2. The van der Waals surface area contributed by atoms with Gasteiger partial charge in [0.1, 0.15) is 0 Å². The first-order chi connectivity index (χ1) is 11.0. The molecule has 0 spiro atoms. The Balaban J connectivity index is 1.85. The molecule has 1 aromatic carbocycles. The van der Waals surface area contributed by atoms with Crippen LogP contribution in [0.5, 0.6) is 0 Å². The third kappa shape index (κ3) is 5.27. The van der Waals surface area contributed by atoms with Crippen molar-refractivity contribution in [3.05, 3.63) is 29.8 Å². The van der Waals surface area contributed by atoms with E-state index in [0.717, 1.165) is 17.7 Å². The molecule has 0 radical (unpaired) electrons. The molecule has 3 amide bonds. The SMILES string of the molecule is CCCC(=O)Nc1cccc(CNC(=O)N(C)C(C)C2CC2)c1. The van der Waals surface area contributed by atoms with Gasteiger partial charge in [-0.2, -0.15) is 0 Å². The second-order valence-corrected chi connectivity index (χ2v) is 6.35. The number of anilines is 1. The second-order valence-electron chi connectivity index (χ2n) is 6.35. The van der Waals surface area contributed by atoms with Gasteiger partial charge < -0.3 is 15.5 Å². The van der Waals surface area contributed by atoms with Crippen LogP contribution in [0.25, 0.3) is 0 Å². The zero-order valence-electron chi connectivity index (χ0n) is 14.3. The molecule has 0 saturated heterocycles. The van der Waals surface area contributed by atoms with Gasteiger partial charge in [-0.25, -0.2) is 4.79 Å². The smallest absolute Gasteiger partial charge is 0.317 e. The third-order valence-corrected chi connectivity index (χ3v) is 4.37. The molecule has 1 fully saturated rings. The number of rotatable bonds is 7. The highest BCUT2D eigenvalue weighted by molar-refractivity contribution is 5.90. The highest BCUT2D eigenvalue weighted by Gasteiger charge is 2.32. The van der Waals surface area contributed by atoms with Crippen molar-refractivity contribution < 1.29 is 9.59 Å². The summed E-state index contributed by atoms with van der Waals surface area (Å²) in [6.07, 6.45) is 3.79. The lowest BCUT2D eigenvalue weighted by Gasteiger charge is -2.25. The zero-order valence-corrected chi connectivity index (χ0v) is 14.3. The van der Waals surface area contributed by atoms with Crippen molar-refractivity contribution in [1.82, 2.24) is 10.2 Å². The van der Waals surface area contributed by atoms with Crippen LogP contribution in [0.2, 0.25) is 0 Å². The summed E-state index contributed by atoms with van der Waals surface area (Å²) < 4.78 is 0. The van der Waals surface area contributed by atoms with Gasteiger partial charge in [-0.15, -0.1) is 0 Å². The predicted molar refractivity (Wildman–Crippen MR) is 92.2 cm³/mol. The van der Waals surface area contributed by atoms with Crippen LogP contribution in [0.4, 0.5) is 10.5 Å². The first-order valence-electron chi connectivity index (χ1n) is 8.40. The standard InChI is InChI=1S/C18H27N3O2/c1-4-6-17(22)20-16-8-5-7-14(11-16)12-19-18(23)21(3)13(2)15-9-10-15/h5,7-8,11,13,15H,4,6,9-10,12H2,1-3H3,(H,19,23)(H,20,22). The highest BCUT2D eigenvalue weighted by atomic mass is 16.2. The molecular formula is C18H27N3O2. The maximum absolute atomic E-state index is 12.2. The largest absolute Gasteiger partial charge is 0.334 e. The summed E-state index contributed by atoms with van der Waals surface area (Å²) in [7, 11) is 1.85. The Kier molecular flexibility index (Phi) is 6.02. The molecule has 5 heteroatoms. The van der Waals surface area contributed by atoms with Crippen LogP contribution in [-0.4, -0.2) is 29.9 Å². The molecule has 1 unspecified atom stereocenters. The molecular weight excluding hydrogens is 290 g/mol. The third-order valence-electron chi connectivity index (χ3n) is 4.37. The van der Waals surface area contributed by atoms with Gasteiger partial charge in [0.15, 0.2) is 0 Å². The lowest BCUT2D eigenvalue weighted by atomic mass is 10.2. The summed E-state index contributed by atoms with van der Waals surface area (Å²) in [6.45, 7) is 4.53. The fraction of sp³-hybridized carbons (Fsp3) is 0.556. The lowest BCUT2D eigenvalue weighted by molar-refractivity contribution is -0.116. The Morgan fingerprint density at radius 3 is 2.74 bits per heavy atom. The Hall–Kier alpha value is -2.04. The molecule has 0 aromatic heterocycles. The monoisotopic (exact) mass is 317 g/mol. The highest BCUT2D eigenvalue weighted by Crippen LogP contribution is 2.34. The van der Waals surface area contributed by atoms with Crippen LogP contribution in [0, 0.1) is 5.92 Å². The van der Waals surface area contributed by atoms with E-state index >= 15 is 0 Å². The van der Waals surface area contributed by atoms with E-state index in [1.807, 2.05) is 38.2 Å². The zero-order chi connectivity index (χ0) is 16.8. The van der Waals surface area contributed by atoms with Crippen molar-refractivity contribution in [2.45, 2.75) is 52.1 Å². The van der Waals surface area contributed by atoms with Gasteiger partial charge in [-0.05, 0) is 49.8 Å². The average molecular weight is 317 g/mol. The van der Waals surface area contributed by atoms with Gasteiger partial charge in [-0.3, -0.25) is 4.79 Å². The molecule has 2 rings (SSSR count). The molecule has 1 aliphatic carbocycles. The minimum absolute atomic E-state index is 0.0201. The van der Waals surface area contributed by atoms with Gasteiger partial charge in [0, 0.05) is 31.7 Å². The molecule has 0 aliphatic heterocycles. The van der Waals surface area contributed by atoms with E-state index < -0.39 is 0 Å². The molecule has 1 atom stereocenters. The number of hydrogen-bond donors (Lipinski definition) is 2. The minimum Gasteiger partial charge on any atom is -0.334 e. The molecule has 1 saturated carbocycles. The molecule has 5 nitrogen and oxygen atoms in total. The number of nitrogens with zero attached hydrogens (tertiary/aromatic N) is 1. The Morgan fingerprint density at radius 1 is 1.35 bits per heavy atom. The number of carbonyl (C=O) groups excluding carboxylic acids is 2. The quantitative estimate of drug-likeness (QED) is 0.810. The van der Waals surface area contributed by atoms with Crippen LogP contribution in [0.1, 0.15) is 45.1 Å². The molecule has 1 aliphatic rings. The first kappa shape index (κ1) is 17.3. The molecule has 23 heavy (non-hydrogen) atoms. The summed E-state index contributed by atoms with van der Waals surface area (Å²) >= 11 is 0. The first-order valence-corrected chi connectivity index (χ1v) is 8.40. The van der Waals surface area contributed by atoms with Crippen LogP contribution in [0.3, 0.4) is 0 Å². The average Bonchev–Trinajstić information content (AvgIpc) is 3.36. The predicted octanol–water partition coefficient (Wildman–Crippen LogP) is 3.37. The van der Waals surface area contributed by atoms with Crippen molar-refractivity contribution in [3.8, 4) is 0 Å². The van der Waals surface area contributed by atoms with Crippen LogP contribution >= 0.6 is 0 Å².